The number of aliphatic hydroxyl groups excluding tert-OH is 4. The molecule has 1 aromatic carbocycles. The number of ketones is 1. The number of imide groups is 1. The molecule has 0 bridgehead atoms. The van der Waals surface area contributed by atoms with Gasteiger partial charge in [-0.05, 0) is 25.1 Å². The lowest BCUT2D eigenvalue weighted by Gasteiger charge is -2.49. The van der Waals surface area contributed by atoms with Crippen molar-refractivity contribution in [3.05, 3.63) is 30.0 Å². The summed E-state index contributed by atoms with van der Waals surface area (Å²) in [7, 11) is 0. The first-order chi connectivity index (χ1) is 42.2. The standard InChI is InChI=1S/C52H66F6N6O24S/c1-27(65)26-89-34-19-37(68)62(45(34)74)4-7-82-28-2-3-31-29(18-28)30(46(75)84-17-15-79-11-13-81-25-36(67)60-21-33-42(71)44(73)40-48(88-33)86-9-6-64(40)50(77)52(56,57)58)22-61(31)23-38(69)83-16-14-78-10-12-80-24-35(66)59-20-32-41(70)43(72)39-47(87-32)85-8-5-63(39)49(76)51(53,54)55/h2-3,18,22,32-34,39-44,47-48,70-73H,4-17,19-21,23-26H2,1H3,(H,59,66)(H,60,67)/t32?,33?,34?,39-,40-,41+,42+,43-,44-,47?,48?/m1/s1. The number of nitrogens with zero attached hydrogens (tertiary/aromatic N) is 4. The Balaban J connectivity index is 0.818. The maximum Gasteiger partial charge on any atom is 0.471 e. The Kier molecular flexibility index (Phi) is 25.3. The van der Waals surface area contributed by atoms with Crippen LogP contribution in [0.25, 0.3) is 10.9 Å². The van der Waals surface area contributed by atoms with Gasteiger partial charge in [0.15, 0.2) is 12.6 Å². The fraction of sp³-hybridized carbons (Fsp3) is 0.673. The Hall–Kier alpha value is -6.36. The van der Waals surface area contributed by atoms with E-state index in [4.69, 9.17) is 52.1 Å². The van der Waals surface area contributed by atoms with Crippen molar-refractivity contribution >= 4 is 75.8 Å². The Morgan fingerprint density at radius 1 is 0.674 bits per heavy atom. The molecule has 5 aliphatic rings. The van der Waals surface area contributed by atoms with E-state index < -0.39 is 172 Å². The zero-order chi connectivity index (χ0) is 64.7. The van der Waals surface area contributed by atoms with E-state index in [1.54, 1.807) is 6.07 Å². The van der Waals surface area contributed by atoms with Crippen LogP contribution in [0, 0.1) is 0 Å². The smallest absolute Gasteiger partial charge is 0.471 e. The van der Waals surface area contributed by atoms with Crippen LogP contribution in [0.5, 0.6) is 5.75 Å². The number of rotatable bonds is 30. The van der Waals surface area contributed by atoms with Crippen LogP contribution >= 0.6 is 11.8 Å². The Labute approximate surface area is 505 Å². The van der Waals surface area contributed by atoms with E-state index in [1.165, 1.54) is 29.8 Å². The van der Waals surface area contributed by atoms with Crippen molar-refractivity contribution in [2.45, 2.75) is 98.8 Å². The Morgan fingerprint density at radius 2 is 1.18 bits per heavy atom. The van der Waals surface area contributed by atoms with Gasteiger partial charge in [0.05, 0.1) is 76.0 Å². The fourth-order valence-corrected chi connectivity index (χ4v) is 10.8. The van der Waals surface area contributed by atoms with E-state index >= 15 is 0 Å². The van der Waals surface area contributed by atoms with Gasteiger partial charge in [-0.1, -0.05) is 0 Å². The number of ether oxygens (including phenoxy) is 11. The number of halogens is 6. The molecule has 1 aromatic heterocycles. The maximum absolute atomic E-state index is 13.6. The summed E-state index contributed by atoms with van der Waals surface area (Å²) < 4.78 is 140. The third-order valence-electron chi connectivity index (χ3n) is 14.1. The molecule has 89 heavy (non-hydrogen) atoms. The van der Waals surface area contributed by atoms with Crippen LogP contribution in [0.15, 0.2) is 24.4 Å². The van der Waals surface area contributed by atoms with Crippen LogP contribution in [0.1, 0.15) is 23.7 Å². The number of hydrogen-bond acceptors (Lipinski definition) is 25. The molecule has 5 aliphatic heterocycles. The molecule has 6 amide bonds. The van der Waals surface area contributed by atoms with Crippen LogP contribution in [-0.2, 0) is 92.3 Å². The van der Waals surface area contributed by atoms with Crippen LogP contribution < -0.4 is 15.4 Å². The van der Waals surface area contributed by atoms with E-state index in [2.05, 4.69) is 10.6 Å². The molecular weight excluding hydrogens is 1240 g/mol. The number of likely N-dealkylation sites (tertiary alicyclic amines) is 1. The zero-order valence-electron chi connectivity index (χ0n) is 47.4. The molecule has 6 heterocycles. The maximum atomic E-state index is 13.6. The predicted molar refractivity (Wildman–Crippen MR) is 283 cm³/mol. The third kappa shape index (κ3) is 18.9. The SMILES string of the molecule is CC(=O)CSC1CC(=O)N(CCOc2ccc3c(c2)c(C(=O)OCCOCCOCC(=O)NCC2OC4OCCN(C(=O)C(F)(F)F)[C@@H]4[C@@H](O)[C@H]2O)cn3CC(=O)OCCOCCOCC(=O)NCC2OC3OCCN(C(=O)C(F)(F)F)[C@@H]3[C@@H](O)[C@H]2O)C1=O. The van der Waals surface area contributed by atoms with Gasteiger partial charge in [-0.25, -0.2) is 4.79 Å². The van der Waals surface area contributed by atoms with Crippen molar-refractivity contribution in [2.24, 2.45) is 0 Å². The lowest BCUT2D eigenvalue weighted by atomic mass is 9.94. The van der Waals surface area contributed by atoms with Gasteiger partial charge >= 0.3 is 36.1 Å². The Bertz CT molecular complexity index is 2830. The highest BCUT2D eigenvalue weighted by Gasteiger charge is 2.57. The van der Waals surface area contributed by atoms with E-state index in [0.717, 1.165) is 16.7 Å². The van der Waals surface area contributed by atoms with E-state index in [9.17, 15) is 89.9 Å². The highest BCUT2D eigenvalue weighted by molar-refractivity contribution is 8.01. The van der Waals surface area contributed by atoms with Crippen molar-refractivity contribution in [3.63, 3.8) is 0 Å². The van der Waals surface area contributed by atoms with Crippen molar-refractivity contribution in [1.82, 2.24) is 29.9 Å². The second kappa shape index (κ2) is 32.1. The third-order valence-corrected chi connectivity index (χ3v) is 15.4. The number of nitrogens with one attached hydrogen (secondary N) is 2. The molecule has 37 heteroatoms. The monoisotopic (exact) mass is 1300 g/mol. The van der Waals surface area contributed by atoms with Gasteiger partial charge < -0.3 is 97.5 Å². The minimum atomic E-state index is -5.25. The number of benzene rings is 1. The summed E-state index contributed by atoms with van der Waals surface area (Å²) in [6, 6.07) is 1.23. The molecule has 496 valence electrons. The molecule has 5 fully saturated rings. The van der Waals surface area contributed by atoms with Gasteiger partial charge in [-0.2, -0.15) is 26.3 Å². The first-order valence-corrected chi connectivity index (χ1v) is 28.7. The number of aromatic nitrogens is 1. The fourth-order valence-electron chi connectivity index (χ4n) is 9.86. The summed E-state index contributed by atoms with van der Waals surface area (Å²) >= 11 is 1.08. The number of aliphatic hydroxyl groups is 4. The van der Waals surface area contributed by atoms with E-state index in [1.807, 2.05) is 0 Å². The molecule has 0 spiro atoms. The first kappa shape index (κ1) is 70.1. The first-order valence-electron chi connectivity index (χ1n) is 27.6. The molecule has 0 aliphatic carbocycles. The number of alkyl halides is 6. The number of amides is 6. The molecule has 5 unspecified atom stereocenters. The Morgan fingerprint density at radius 3 is 1.70 bits per heavy atom. The van der Waals surface area contributed by atoms with Crippen LogP contribution in [-0.4, -0.2) is 296 Å². The summed E-state index contributed by atoms with van der Waals surface area (Å²) in [6.07, 6.45) is -22.4. The van der Waals surface area contributed by atoms with Gasteiger partial charge in [0.2, 0.25) is 23.6 Å². The number of morpholine rings is 2. The van der Waals surface area contributed by atoms with E-state index in [-0.39, 0.29) is 114 Å². The number of carbonyl (C=O) groups excluding carboxylic acids is 9. The van der Waals surface area contributed by atoms with Crippen molar-refractivity contribution in [3.8, 4) is 5.75 Å². The van der Waals surface area contributed by atoms with Gasteiger partial charge in [0.25, 0.3) is 0 Å². The molecule has 5 saturated heterocycles. The molecule has 11 atom stereocenters. The average molecular weight is 1310 g/mol. The zero-order valence-corrected chi connectivity index (χ0v) is 48.2. The summed E-state index contributed by atoms with van der Waals surface area (Å²) in [5.41, 5.74) is 0.335. The van der Waals surface area contributed by atoms with Crippen LogP contribution in [0.4, 0.5) is 26.3 Å². The lowest BCUT2D eigenvalue weighted by Crippen LogP contribution is -2.70. The molecule has 7 rings (SSSR count). The van der Waals surface area contributed by atoms with Gasteiger partial charge in [-0.3, -0.25) is 43.3 Å². The quantitative estimate of drug-likeness (QED) is 0.0196. The highest BCUT2D eigenvalue weighted by Crippen LogP contribution is 2.34. The van der Waals surface area contributed by atoms with Crippen molar-refractivity contribution in [2.75, 3.05) is 124 Å². The molecule has 30 nitrogen and oxygen atoms in total. The van der Waals surface area contributed by atoms with Crippen LogP contribution in [0.2, 0.25) is 0 Å². The predicted octanol–water partition coefficient (Wildman–Crippen LogP) is -3.06. The summed E-state index contributed by atoms with van der Waals surface area (Å²) in [5.74, 6) is -8.24. The van der Waals surface area contributed by atoms with Gasteiger partial charge in [0.1, 0.15) is 99.8 Å². The average Bonchev–Trinajstić information content (AvgIpc) is 1.45. The number of esters is 2. The van der Waals surface area contributed by atoms with Crippen molar-refractivity contribution in [1.29, 1.82) is 0 Å². The number of Topliss-reactive ketones (excluding diaryl/α,β-unsaturated/α-hetero) is 1. The number of hydrogen-bond donors (Lipinski definition) is 6. The highest BCUT2D eigenvalue weighted by atomic mass is 32.2. The minimum Gasteiger partial charge on any atom is -0.492 e. The number of thioether (sulfide) groups is 1. The van der Waals surface area contributed by atoms with Gasteiger partial charge in [-0.15, -0.1) is 11.8 Å². The van der Waals surface area contributed by atoms with Crippen molar-refractivity contribution < 1.29 is 142 Å². The molecule has 0 saturated carbocycles. The molecular formula is C52H66F6N6O24S. The molecule has 2 aromatic rings. The minimum absolute atomic E-state index is 0.0193. The second-order valence-corrected chi connectivity index (χ2v) is 21.5. The molecule has 0 radical (unpaired) electrons. The topological polar surface area (TPSA) is 375 Å². The normalized spacial score (nSPS) is 25.5. The summed E-state index contributed by atoms with van der Waals surface area (Å²) in [4.78, 5) is 114. The second-order valence-electron chi connectivity index (χ2n) is 20.3. The van der Waals surface area contributed by atoms with E-state index in [0.29, 0.717) is 15.3 Å². The molecule has 6 N–H and O–H groups in total. The summed E-state index contributed by atoms with van der Waals surface area (Å²) in [5, 5.41) is 46.7. The number of carbonyl (C=O) groups is 9. The summed E-state index contributed by atoms with van der Waals surface area (Å²) in [6.45, 7) is -4.04. The van der Waals surface area contributed by atoms with Crippen LogP contribution in [0.3, 0.4) is 0 Å². The largest absolute Gasteiger partial charge is 0.492 e. The number of fused-ring (bicyclic) bond motifs is 3. The lowest BCUT2D eigenvalue weighted by molar-refractivity contribution is -0.300. The van der Waals surface area contributed by atoms with Gasteiger partial charge in [0, 0.05) is 49.7 Å².